The molecule has 0 radical (unpaired) electrons. The topological polar surface area (TPSA) is 77.0 Å². The van der Waals surface area contributed by atoms with Gasteiger partial charge in [-0.25, -0.2) is 4.98 Å². The summed E-state index contributed by atoms with van der Waals surface area (Å²) in [6.07, 6.45) is 4.14. The molecule has 0 aliphatic heterocycles. The predicted molar refractivity (Wildman–Crippen MR) is 102 cm³/mol. The molecular formula is C21H20N4O2. The first-order valence-corrected chi connectivity index (χ1v) is 8.88. The molecule has 0 amide bonds. The molecule has 0 aliphatic carbocycles. The first-order chi connectivity index (χ1) is 13.3. The molecule has 6 nitrogen and oxygen atoms in total. The molecule has 0 aliphatic rings. The lowest BCUT2D eigenvalue weighted by molar-refractivity contribution is 0.477. The number of aromatic nitrogens is 3. The number of nitrogens with one attached hydrogen (secondary N) is 1. The third kappa shape index (κ3) is 4.06. The number of furan rings is 2. The van der Waals surface area contributed by atoms with Gasteiger partial charge in [-0.2, -0.15) is 5.10 Å². The SMILES string of the molecule is Cc1ccc(-c2cnnc(NCCC(c3ccccc3)c3ccco3)n2)o1. The maximum atomic E-state index is 5.65. The highest BCUT2D eigenvalue weighted by Crippen LogP contribution is 2.28. The number of hydrogen-bond donors (Lipinski definition) is 1. The lowest BCUT2D eigenvalue weighted by Crippen LogP contribution is -2.11. The highest BCUT2D eigenvalue weighted by atomic mass is 16.3. The van der Waals surface area contributed by atoms with E-state index in [2.05, 4.69) is 32.6 Å². The summed E-state index contributed by atoms with van der Waals surface area (Å²) in [7, 11) is 0. The van der Waals surface area contributed by atoms with E-state index in [4.69, 9.17) is 8.83 Å². The van der Waals surface area contributed by atoms with Crippen molar-refractivity contribution in [2.24, 2.45) is 0 Å². The molecule has 0 saturated carbocycles. The highest BCUT2D eigenvalue weighted by Gasteiger charge is 2.16. The molecule has 4 aromatic rings. The maximum absolute atomic E-state index is 5.65. The second kappa shape index (κ2) is 7.86. The summed E-state index contributed by atoms with van der Waals surface area (Å²) in [4.78, 5) is 4.49. The summed E-state index contributed by atoms with van der Waals surface area (Å²) >= 11 is 0. The van der Waals surface area contributed by atoms with E-state index in [1.54, 1.807) is 12.5 Å². The Morgan fingerprint density at radius 3 is 2.67 bits per heavy atom. The first-order valence-electron chi connectivity index (χ1n) is 8.88. The third-order valence-electron chi connectivity index (χ3n) is 4.36. The number of aryl methyl sites for hydroxylation is 1. The van der Waals surface area contributed by atoms with Gasteiger partial charge in [0, 0.05) is 12.5 Å². The summed E-state index contributed by atoms with van der Waals surface area (Å²) in [6.45, 7) is 2.58. The Morgan fingerprint density at radius 2 is 1.93 bits per heavy atom. The van der Waals surface area contributed by atoms with Gasteiger partial charge in [0.15, 0.2) is 5.76 Å². The molecule has 1 N–H and O–H groups in total. The Bertz CT molecular complexity index is 980. The number of hydrogen-bond acceptors (Lipinski definition) is 6. The van der Waals surface area contributed by atoms with Crippen molar-refractivity contribution in [2.45, 2.75) is 19.3 Å². The summed E-state index contributed by atoms with van der Waals surface area (Å²) in [5, 5.41) is 11.3. The van der Waals surface area contributed by atoms with E-state index >= 15 is 0 Å². The van der Waals surface area contributed by atoms with Crippen molar-refractivity contribution in [3.63, 3.8) is 0 Å². The molecule has 0 bridgehead atoms. The van der Waals surface area contributed by atoms with Crippen LogP contribution in [0.25, 0.3) is 11.5 Å². The quantitative estimate of drug-likeness (QED) is 0.516. The van der Waals surface area contributed by atoms with Gasteiger partial charge in [0.2, 0.25) is 5.95 Å². The van der Waals surface area contributed by atoms with Gasteiger partial charge in [-0.1, -0.05) is 30.3 Å². The Balaban J connectivity index is 1.45. The highest BCUT2D eigenvalue weighted by molar-refractivity contribution is 5.52. The lowest BCUT2D eigenvalue weighted by Gasteiger charge is -2.15. The Labute approximate surface area is 157 Å². The largest absolute Gasteiger partial charge is 0.469 e. The third-order valence-corrected chi connectivity index (χ3v) is 4.36. The van der Waals surface area contributed by atoms with Crippen LogP contribution < -0.4 is 5.32 Å². The van der Waals surface area contributed by atoms with Gasteiger partial charge >= 0.3 is 0 Å². The van der Waals surface area contributed by atoms with Gasteiger partial charge in [-0.15, -0.1) is 5.10 Å². The van der Waals surface area contributed by atoms with Crippen LogP contribution in [0.3, 0.4) is 0 Å². The van der Waals surface area contributed by atoms with Crippen LogP contribution >= 0.6 is 0 Å². The van der Waals surface area contributed by atoms with Crippen molar-refractivity contribution in [3.05, 3.63) is 84.1 Å². The summed E-state index contributed by atoms with van der Waals surface area (Å²) in [5.41, 5.74) is 1.87. The van der Waals surface area contributed by atoms with E-state index in [0.717, 1.165) is 17.9 Å². The summed E-state index contributed by atoms with van der Waals surface area (Å²) in [5.74, 6) is 3.11. The molecule has 3 aromatic heterocycles. The molecule has 1 aromatic carbocycles. The first kappa shape index (κ1) is 17.0. The molecule has 0 saturated heterocycles. The fourth-order valence-corrected chi connectivity index (χ4v) is 3.05. The van der Waals surface area contributed by atoms with Crippen molar-refractivity contribution in [1.82, 2.24) is 15.2 Å². The van der Waals surface area contributed by atoms with E-state index in [0.29, 0.717) is 23.9 Å². The van der Waals surface area contributed by atoms with Crippen LogP contribution in [0, 0.1) is 6.92 Å². The van der Waals surface area contributed by atoms with Gasteiger partial charge in [-0.3, -0.25) is 0 Å². The Morgan fingerprint density at radius 1 is 1.04 bits per heavy atom. The minimum absolute atomic E-state index is 0.164. The number of rotatable bonds is 7. The van der Waals surface area contributed by atoms with Gasteiger partial charge in [-0.05, 0) is 43.2 Å². The Kier molecular flexibility index (Phi) is 4.96. The molecule has 1 atom stereocenters. The smallest absolute Gasteiger partial charge is 0.243 e. The fraction of sp³-hybridized carbons (Fsp3) is 0.190. The van der Waals surface area contributed by atoms with Crippen molar-refractivity contribution in [2.75, 3.05) is 11.9 Å². The molecule has 6 heteroatoms. The molecule has 1 unspecified atom stereocenters. The predicted octanol–water partition coefficient (Wildman–Crippen LogP) is 4.67. The molecule has 3 heterocycles. The maximum Gasteiger partial charge on any atom is 0.243 e. The second-order valence-electron chi connectivity index (χ2n) is 6.27. The van der Waals surface area contributed by atoms with Crippen LogP contribution in [0.4, 0.5) is 5.95 Å². The number of nitrogens with zero attached hydrogens (tertiary/aromatic N) is 3. The number of anilines is 1. The zero-order chi connectivity index (χ0) is 18.5. The van der Waals surface area contributed by atoms with Gasteiger partial charge < -0.3 is 14.2 Å². The van der Waals surface area contributed by atoms with E-state index in [9.17, 15) is 0 Å². The molecule has 0 fully saturated rings. The average molecular weight is 360 g/mol. The van der Waals surface area contributed by atoms with Crippen molar-refractivity contribution >= 4 is 5.95 Å². The molecule has 4 rings (SSSR count). The van der Waals surface area contributed by atoms with Crippen LogP contribution in [-0.2, 0) is 0 Å². The van der Waals surface area contributed by atoms with Crippen molar-refractivity contribution in [1.29, 1.82) is 0 Å². The van der Waals surface area contributed by atoms with Crippen molar-refractivity contribution in [3.8, 4) is 11.5 Å². The van der Waals surface area contributed by atoms with Crippen LogP contribution in [0.5, 0.6) is 0 Å². The molecule has 136 valence electrons. The van der Waals surface area contributed by atoms with Crippen LogP contribution in [0.1, 0.15) is 29.4 Å². The number of benzene rings is 1. The standard InChI is InChI=1S/C21H20N4O2/c1-15-9-10-20(27-15)18-14-23-25-21(24-18)22-12-11-17(19-8-5-13-26-19)16-6-3-2-4-7-16/h2-10,13-14,17H,11-12H2,1H3,(H,22,24,25). The minimum Gasteiger partial charge on any atom is -0.469 e. The lowest BCUT2D eigenvalue weighted by atomic mass is 9.93. The van der Waals surface area contributed by atoms with Gasteiger partial charge in [0.25, 0.3) is 0 Å². The normalized spacial score (nSPS) is 12.0. The van der Waals surface area contributed by atoms with Crippen molar-refractivity contribution < 1.29 is 8.83 Å². The second-order valence-corrected chi connectivity index (χ2v) is 6.27. The van der Waals surface area contributed by atoms with Crippen LogP contribution in [0.2, 0.25) is 0 Å². The minimum atomic E-state index is 0.164. The van der Waals surface area contributed by atoms with E-state index in [1.807, 2.05) is 49.4 Å². The summed E-state index contributed by atoms with van der Waals surface area (Å²) < 4.78 is 11.3. The molecular weight excluding hydrogens is 340 g/mol. The van der Waals surface area contributed by atoms with E-state index < -0.39 is 0 Å². The van der Waals surface area contributed by atoms with E-state index in [-0.39, 0.29) is 5.92 Å². The van der Waals surface area contributed by atoms with Crippen LogP contribution in [0.15, 0.2) is 75.9 Å². The summed E-state index contributed by atoms with van der Waals surface area (Å²) in [6, 6.07) is 18.0. The monoisotopic (exact) mass is 360 g/mol. The van der Waals surface area contributed by atoms with Crippen LogP contribution in [-0.4, -0.2) is 21.7 Å². The Hall–Kier alpha value is -3.41. The van der Waals surface area contributed by atoms with Gasteiger partial charge in [0.05, 0.1) is 12.5 Å². The van der Waals surface area contributed by atoms with Gasteiger partial charge in [0.1, 0.15) is 17.2 Å². The average Bonchev–Trinajstić information content (AvgIpc) is 3.38. The molecule has 27 heavy (non-hydrogen) atoms. The zero-order valence-electron chi connectivity index (χ0n) is 15.0. The fourth-order valence-electron chi connectivity index (χ4n) is 3.05. The zero-order valence-corrected chi connectivity index (χ0v) is 15.0. The molecule has 0 spiro atoms. The van der Waals surface area contributed by atoms with E-state index in [1.165, 1.54) is 5.56 Å².